The van der Waals surface area contributed by atoms with E-state index in [2.05, 4.69) is 15.4 Å². The van der Waals surface area contributed by atoms with Crippen molar-refractivity contribution in [1.29, 1.82) is 0 Å². The molecule has 106 valence electrons. The monoisotopic (exact) mass is 298 g/mol. The lowest BCUT2D eigenvalue weighted by molar-refractivity contribution is 0.102. The van der Waals surface area contributed by atoms with Crippen molar-refractivity contribution in [3.05, 3.63) is 58.9 Å². The minimum Gasteiger partial charge on any atom is -0.298 e. The van der Waals surface area contributed by atoms with Gasteiger partial charge in [0.1, 0.15) is 0 Å². The topological polar surface area (TPSA) is 59.8 Å². The minimum absolute atomic E-state index is 0.173. The molecule has 1 amide bonds. The van der Waals surface area contributed by atoms with Crippen LogP contribution in [0.1, 0.15) is 21.7 Å². The molecule has 0 spiro atoms. The number of hydrogen-bond acceptors (Lipinski definition) is 4. The molecule has 0 aliphatic carbocycles. The lowest BCUT2D eigenvalue weighted by Gasteiger charge is -2.07. The number of aryl methyl sites for hydroxylation is 2. The van der Waals surface area contributed by atoms with Crippen molar-refractivity contribution in [2.45, 2.75) is 13.8 Å². The summed E-state index contributed by atoms with van der Waals surface area (Å²) in [5.41, 5.74) is 3.43. The molecular formula is C15H14N4OS. The predicted octanol–water partition coefficient (Wildman–Crippen LogP) is 3.20. The second kappa shape index (κ2) is 5.49. The fraction of sp³-hybridized carbons (Fsp3) is 0.133. The molecule has 0 saturated carbocycles. The average Bonchev–Trinajstić information content (AvgIpc) is 3.08. The van der Waals surface area contributed by atoms with Gasteiger partial charge in [-0.1, -0.05) is 6.07 Å². The summed E-state index contributed by atoms with van der Waals surface area (Å²) in [6, 6.07) is 9.38. The Morgan fingerprint density at radius 2 is 2.14 bits per heavy atom. The first-order valence-electron chi connectivity index (χ1n) is 6.48. The highest BCUT2D eigenvalue weighted by Crippen LogP contribution is 2.16. The van der Waals surface area contributed by atoms with Crippen molar-refractivity contribution in [2.75, 3.05) is 5.32 Å². The van der Waals surface area contributed by atoms with E-state index in [4.69, 9.17) is 0 Å². The first-order valence-corrected chi connectivity index (χ1v) is 7.36. The normalized spacial score (nSPS) is 10.6. The lowest BCUT2D eigenvalue weighted by atomic mass is 10.2. The molecular weight excluding hydrogens is 284 g/mol. The molecule has 0 unspecified atom stereocenters. The molecule has 2 heterocycles. The third kappa shape index (κ3) is 2.85. The molecule has 5 nitrogen and oxygen atoms in total. The molecule has 3 rings (SSSR count). The van der Waals surface area contributed by atoms with Gasteiger partial charge in [0.2, 0.25) is 0 Å². The van der Waals surface area contributed by atoms with Gasteiger partial charge in [-0.3, -0.25) is 10.1 Å². The van der Waals surface area contributed by atoms with Crippen molar-refractivity contribution < 1.29 is 4.79 Å². The van der Waals surface area contributed by atoms with Gasteiger partial charge in [-0.05, 0) is 38.1 Å². The Morgan fingerprint density at radius 3 is 2.81 bits per heavy atom. The molecule has 3 aromatic rings. The number of rotatable bonds is 3. The number of aromatic nitrogens is 3. The highest BCUT2D eigenvalue weighted by molar-refractivity contribution is 7.13. The lowest BCUT2D eigenvalue weighted by Crippen LogP contribution is -2.12. The second-order valence-corrected chi connectivity index (χ2v) is 5.58. The highest BCUT2D eigenvalue weighted by Gasteiger charge is 2.10. The number of carbonyl (C=O) groups excluding carboxylic acids is 1. The summed E-state index contributed by atoms with van der Waals surface area (Å²) < 4.78 is 1.83. The van der Waals surface area contributed by atoms with Crippen LogP contribution < -0.4 is 5.32 Å². The van der Waals surface area contributed by atoms with Gasteiger partial charge in [0.25, 0.3) is 5.91 Å². The number of anilines is 1. The molecule has 0 atom stereocenters. The van der Waals surface area contributed by atoms with Crippen LogP contribution in [0.3, 0.4) is 0 Å². The second-order valence-electron chi connectivity index (χ2n) is 4.68. The van der Waals surface area contributed by atoms with E-state index in [0.29, 0.717) is 10.7 Å². The van der Waals surface area contributed by atoms with Gasteiger partial charge in [0.15, 0.2) is 5.13 Å². The number of benzene rings is 1. The number of carbonyl (C=O) groups is 1. The maximum absolute atomic E-state index is 12.2. The fourth-order valence-corrected chi connectivity index (χ4v) is 2.65. The summed E-state index contributed by atoms with van der Waals surface area (Å²) in [5.74, 6) is -0.173. The summed E-state index contributed by atoms with van der Waals surface area (Å²) in [6.45, 7) is 3.94. The molecule has 0 fully saturated rings. The number of nitrogens with zero attached hydrogens (tertiary/aromatic N) is 3. The van der Waals surface area contributed by atoms with Crippen LogP contribution in [-0.2, 0) is 0 Å². The third-order valence-corrected chi connectivity index (χ3v) is 3.70. The van der Waals surface area contributed by atoms with Crippen LogP contribution >= 0.6 is 11.3 Å². The first-order chi connectivity index (χ1) is 10.1. The van der Waals surface area contributed by atoms with E-state index in [1.165, 1.54) is 11.3 Å². The van der Waals surface area contributed by atoms with Crippen LogP contribution in [0.25, 0.3) is 5.69 Å². The van der Waals surface area contributed by atoms with Crippen molar-refractivity contribution >= 4 is 22.4 Å². The smallest absolute Gasteiger partial charge is 0.257 e. The molecule has 0 radical (unpaired) electrons. The van der Waals surface area contributed by atoms with Gasteiger partial charge in [0.05, 0.1) is 11.4 Å². The Labute approximate surface area is 126 Å². The van der Waals surface area contributed by atoms with E-state index in [1.54, 1.807) is 12.3 Å². The quantitative estimate of drug-likeness (QED) is 0.807. The van der Waals surface area contributed by atoms with Crippen LogP contribution in [0.2, 0.25) is 0 Å². The number of hydrogen-bond donors (Lipinski definition) is 1. The molecule has 1 aromatic carbocycles. The summed E-state index contributed by atoms with van der Waals surface area (Å²) >= 11 is 1.39. The minimum atomic E-state index is -0.173. The van der Waals surface area contributed by atoms with Crippen molar-refractivity contribution in [3.8, 4) is 5.69 Å². The Hall–Kier alpha value is -2.47. The zero-order valence-corrected chi connectivity index (χ0v) is 12.5. The third-order valence-electron chi connectivity index (χ3n) is 3.02. The van der Waals surface area contributed by atoms with E-state index in [9.17, 15) is 4.79 Å². The van der Waals surface area contributed by atoms with Gasteiger partial charge in [-0.25, -0.2) is 9.67 Å². The molecule has 1 N–H and O–H groups in total. The van der Waals surface area contributed by atoms with Gasteiger partial charge < -0.3 is 0 Å². The Kier molecular flexibility index (Phi) is 3.53. The van der Waals surface area contributed by atoms with Gasteiger partial charge in [-0.2, -0.15) is 5.10 Å². The maximum Gasteiger partial charge on any atom is 0.257 e. The molecule has 0 saturated heterocycles. The Morgan fingerprint density at radius 1 is 1.29 bits per heavy atom. The maximum atomic E-state index is 12.2. The molecule has 6 heteroatoms. The standard InChI is InChI=1S/C15H14N4OS/c1-10-8-11(2)19(18-10)13-5-3-4-12(9-13)14(20)17-15-16-6-7-21-15/h3-9H,1-2H3,(H,16,17,20). The van der Waals surface area contributed by atoms with Crippen molar-refractivity contribution in [2.24, 2.45) is 0 Å². The van der Waals surface area contributed by atoms with Crippen LogP contribution in [0, 0.1) is 13.8 Å². The molecule has 21 heavy (non-hydrogen) atoms. The van der Waals surface area contributed by atoms with E-state index in [-0.39, 0.29) is 5.91 Å². The van der Waals surface area contributed by atoms with Gasteiger partial charge in [-0.15, -0.1) is 11.3 Å². The SMILES string of the molecule is Cc1cc(C)n(-c2cccc(C(=O)Nc3nccs3)c2)n1. The largest absolute Gasteiger partial charge is 0.298 e. The Bertz CT molecular complexity index is 777. The van der Waals surface area contributed by atoms with Gasteiger partial charge >= 0.3 is 0 Å². The van der Waals surface area contributed by atoms with Crippen molar-refractivity contribution in [3.63, 3.8) is 0 Å². The molecule has 0 bridgehead atoms. The number of thiazole rings is 1. The molecule has 0 aliphatic heterocycles. The van der Waals surface area contributed by atoms with E-state index in [0.717, 1.165) is 17.1 Å². The van der Waals surface area contributed by atoms with Crippen LogP contribution in [0.15, 0.2) is 41.9 Å². The number of amides is 1. The van der Waals surface area contributed by atoms with Gasteiger partial charge in [0, 0.05) is 22.8 Å². The summed E-state index contributed by atoms with van der Waals surface area (Å²) in [4.78, 5) is 16.3. The number of nitrogens with one attached hydrogen (secondary N) is 1. The van der Waals surface area contributed by atoms with E-state index < -0.39 is 0 Å². The predicted molar refractivity (Wildman–Crippen MR) is 83.1 cm³/mol. The van der Waals surface area contributed by atoms with Crippen LogP contribution in [0.4, 0.5) is 5.13 Å². The van der Waals surface area contributed by atoms with Crippen molar-refractivity contribution in [1.82, 2.24) is 14.8 Å². The molecule has 2 aromatic heterocycles. The Balaban J connectivity index is 1.89. The van der Waals surface area contributed by atoms with E-state index in [1.807, 2.05) is 48.2 Å². The fourth-order valence-electron chi connectivity index (χ4n) is 2.12. The summed E-state index contributed by atoms with van der Waals surface area (Å²) in [5, 5.41) is 9.62. The first kappa shape index (κ1) is 13.5. The van der Waals surface area contributed by atoms with E-state index >= 15 is 0 Å². The zero-order valence-electron chi connectivity index (χ0n) is 11.7. The zero-order chi connectivity index (χ0) is 14.8. The highest BCUT2D eigenvalue weighted by atomic mass is 32.1. The average molecular weight is 298 g/mol. The van der Waals surface area contributed by atoms with Crippen LogP contribution in [0.5, 0.6) is 0 Å². The summed E-state index contributed by atoms with van der Waals surface area (Å²) in [6.07, 6.45) is 1.66. The van der Waals surface area contributed by atoms with Crippen LogP contribution in [-0.4, -0.2) is 20.7 Å². The summed E-state index contributed by atoms with van der Waals surface area (Å²) in [7, 11) is 0. The molecule has 0 aliphatic rings.